The lowest BCUT2D eigenvalue weighted by Crippen LogP contribution is -1.99. The van der Waals surface area contributed by atoms with Crippen molar-refractivity contribution in [1.82, 2.24) is 14.8 Å². The third-order valence-electron chi connectivity index (χ3n) is 3.11. The fraction of sp³-hybridized carbons (Fsp3) is 0.0625. The molecule has 3 rings (SSSR count). The highest BCUT2D eigenvalue weighted by molar-refractivity contribution is 6.30. The van der Waals surface area contributed by atoms with Gasteiger partial charge < -0.3 is 9.53 Å². The van der Waals surface area contributed by atoms with Crippen LogP contribution < -0.4 is 4.74 Å². The van der Waals surface area contributed by atoms with Gasteiger partial charge in [-0.15, -0.1) is 0 Å². The van der Waals surface area contributed by atoms with E-state index in [1.807, 2.05) is 0 Å². The highest BCUT2D eigenvalue weighted by Crippen LogP contribution is 2.26. The van der Waals surface area contributed by atoms with Gasteiger partial charge in [-0.3, -0.25) is 0 Å². The Morgan fingerprint density at radius 3 is 2.75 bits per heavy atom. The van der Waals surface area contributed by atoms with E-state index in [0.717, 1.165) is 18.4 Å². The van der Waals surface area contributed by atoms with Crippen molar-refractivity contribution in [3.63, 3.8) is 0 Å². The van der Waals surface area contributed by atoms with Crippen LogP contribution in [-0.4, -0.2) is 21.1 Å². The number of ether oxygens (including phenoxy) is 1. The standard InChI is InChI=1S/C16H10ClF2N3O2/c17-11-5-14(19)16(20-8-11)24-12-1-2-15(13(18)6-12)22-9-10(3-4-23)7-21-22/h1-2,4-9H,3H2. The van der Waals surface area contributed by atoms with E-state index in [1.165, 1.54) is 29.2 Å². The zero-order chi connectivity index (χ0) is 17.1. The number of benzene rings is 1. The summed E-state index contributed by atoms with van der Waals surface area (Å²) >= 11 is 5.61. The quantitative estimate of drug-likeness (QED) is 0.658. The SMILES string of the molecule is O=CCc1cnn(-c2ccc(Oc3ncc(Cl)cc3F)cc2F)c1. The fourth-order valence-electron chi connectivity index (χ4n) is 2.02. The minimum absolute atomic E-state index is 0.0743. The van der Waals surface area contributed by atoms with Gasteiger partial charge in [0, 0.05) is 24.9 Å². The Bertz CT molecular complexity index is 899. The van der Waals surface area contributed by atoms with Crippen LogP contribution in [0.1, 0.15) is 5.56 Å². The van der Waals surface area contributed by atoms with Crippen LogP contribution in [0.25, 0.3) is 5.69 Å². The summed E-state index contributed by atoms with van der Waals surface area (Å²) < 4.78 is 34.4. The summed E-state index contributed by atoms with van der Waals surface area (Å²) in [5, 5.41) is 4.12. The van der Waals surface area contributed by atoms with Crippen molar-refractivity contribution >= 4 is 17.9 Å². The van der Waals surface area contributed by atoms with Gasteiger partial charge in [0.05, 0.1) is 11.2 Å². The second-order valence-electron chi connectivity index (χ2n) is 4.82. The minimum atomic E-state index is -0.752. The Kier molecular flexibility index (Phi) is 4.52. The molecule has 5 nitrogen and oxygen atoms in total. The minimum Gasteiger partial charge on any atom is -0.436 e. The topological polar surface area (TPSA) is 57.0 Å². The molecule has 0 radical (unpaired) electrons. The molecule has 1 aromatic carbocycles. The van der Waals surface area contributed by atoms with Gasteiger partial charge in [-0.05, 0) is 23.8 Å². The number of carbonyl (C=O) groups excluding carboxylic acids is 1. The zero-order valence-corrected chi connectivity index (χ0v) is 12.9. The van der Waals surface area contributed by atoms with E-state index < -0.39 is 11.6 Å². The van der Waals surface area contributed by atoms with E-state index in [2.05, 4.69) is 10.1 Å². The number of carbonyl (C=O) groups is 1. The van der Waals surface area contributed by atoms with Crippen molar-refractivity contribution in [1.29, 1.82) is 0 Å². The van der Waals surface area contributed by atoms with Crippen LogP contribution >= 0.6 is 11.6 Å². The van der Waals surface area contributed by atoms with Crippen molar-refractivity contribution in [2.75, 3.05) is 0 Å². The number of nitrogens with zero attached hydrogens (tertiary/aromatic N) is 3. The van der Waals surface area contributed by atoms with Crippen molar-refractivity contribution in [2.45, 2.75) is 6.42 Å². The molecule has 0 saturated carbocycles. The maximum atomic E-state index is 14.3. The van der Waals surface area contributed by atoms with Crippen LogP contribution in [0.3, 0.4) is 0 Å². The van der Waals surface area contributed by atoms with Crippen LogP contribution in [0.4, 0.5) is 8.78 Å². The number of aldehydes is 1. The first-order valence-corrected chi connectivity index (χ1v) is 7.20. The maximum absolute atomic E-state index is 14.3. The average Bonchev–Trinajstić information content (AvgIpc) is 2.99. The summed E-state index contributed by atoms with van der Waals surface area (Å²) in [6, 6.07) is 5.02. The molecule has 0 saturated heterocycles. The van der Waals surface area contributed by atoms with E-state index in [9.17, 15) is 13.6 Å². The van der Waals surface area contributed by atoms with E-state index in [0.29, 0.717) is 5.56 Å². The molecule has 122 valence electrons. The van der Waals surface area contributed by atoms with E-state index in [-0.39, 0.29) is 28.8 Å². The summed E-state index contributed by atoms with van der Waals surface area (Å²) in [5.74, 6) is -1.61. The Balaban J connectivity index is 1.85. The lowest BCUT2D eigenvalue weighted by Gasteiger charge is -2.08. The predicted octanol–water partition coefficient (Wildman–Crippen LogP) is 3.73. The molecule has 0 aliphatic rings. The number of pyridine rings is 1. The molecule has 0 bridgehead atoms. The Hall–Kier alpha value is -2.80. The van der Waals surface area contributed by atoms with Gasteiger partial charge in [-0.25, -0.2) is 18.4 Å². The highest BCUT2D eigenvalue weighted by atomic mass is 35.5. The van der Waals surface area contributed by atoms with Crippen LogP contribution in [0.15, 0.2) is 42.9 Å². The molecule has 0 spiro atoms. The van der Waals surface area contributed by atoms with Crippen molar-refractivity contribution in [2.24, 2.45) is 0 Å². The molecule has 24 heavy (non-hydrogen) atoms. The lowest BCUT2D eigenvalue weighted by atomic mass is 10.2. The Labute approximate surface area is 140 Å². The second kappa shape index (κ2) is 6.76. The first-order chi connectivity index (χ1) is 11.6. The van der Waals surface area contributed by atoms with Crippen LogP contribution in [-0.2, 0) is 11.2 Å². The number of halogens is 3. The van der Waals surface area contributed by atoms with Gasteiger partial charge in [-0.2, -0.15) is 5.10 Å². The summed E-state index contributed by atoms with van der Waals surface area (Å²) in [6.07, 6.45) is 5.19. The van der Waals surface area contributed by atoms with E-state index in [1.54, 1.807) is 6.20 Å². The van der Waals surface area contributed by atoms with E-state index >= 15 is 0 Å². The second-order valence-corrected chi connectivity index (χ2v) is 5.26. The van der Waals surface area contributed by atoms with Crippen molar-refractivity contribution < 1.29 is 18.3 Å². The molecule has 0 aliphatic carbocycles. The van der Waals surface area contributed by atoms with Gasteiger partial charge in [0.25, 0.3) is 5.88 Å². The predicted molar refractivity (Wildman–Crippen MR) is 82.6 cm³/mol. The number of hydrogen-bond donors (Lipinski definition) is 0. The van der Waals surface area contributed by atoms with Crippen LogP contribution in [0.2, 0.25) is 5.02 Å². The zero-order valence-electron chi connectivity index (χ0n) is 12.1. The molecule has 0 aliphatic heterocycles. The van der Waals surface area contributed by atoms with Gasteiger partial charge in [0.15, 0.2) is 11.6 Å². The first kappa shape index (κ1) is 16.1. The molecule has 0 fully saturated rings. The monoisotopic (exact) mass is 349 g/mol. The number of hydrogen-bond acceptors (Lipinski definition) is 4. The largest absolute Gasteiger partial charge is 0.436 e. The average molecular weight is 350 g/mol. The Morgan fingerprint density at radius 1 is 1.21 bits per heavy atom. The van der Waals surface area contributed by atoms with Crippen LogP contribution in [0, 0.1) is 11.6 Å². The van der Waals surface area contributed by atoms with Gasteiger partial charge >= 0.3 is 0 Å². The number of aromatic nitrogens is 3. The van der Waals surface area contributed by atoms with Crippen molar-refractivity contribution in [3.05, 3.63) is 65.1 Å². The molecular formula is C16H10ClF2N3O2. The highest BCUT2D eigenvalue weighted by Gasteiger charge is 2.11. The molecule has 2 heterocycles. The molecule has 0 amide bonds. The van der Waals surface area contributed by atoms with E-state index in [4.69, 9.17) is 16.3 Å². The molecule has 8 heteroatoms. The van der Waals surface area contributed by atoms with Crippen LogP contribution in [0.5, 0.6) is 11.6 Å². The molecule has 0 N–H and O–H groups in total. The first-order valence-electron chi connectivity index (χ1n) is 6.83. The van der Waals surface area contributed by atoms with Gasteiger partial charge in [0.1, 0.15) is 17.7 Å². The third kappa shape index (κ3) is 3.41. The van der Waals surface area contributed by atoms with Gasteiger partial charge in [0.2, 0.25) is 0 Å². The summed E-state index contributed by atoms with van der Waals surface area (Å²) in [4.78, 5) is 14.2. The van der Waals surface area contributed by atoms with Crippen molar-refractivity contribution in [3.8, 4) is 17.3 Å². The molecule has 3 aromatic rings. The molecular weight excluding hydrogens is 340 g/mol. The molecule has 0 unspecified atom stereocenters. The molecule has 2 aromatic heterocycles. The number of rotatable bonds is 5. The summed E-state index contributed by atoms with van der Waals surface area (Å²) in [7, 11) is 0. The fourth-order valence-corrected chi connectivity index (χ4v) is 2.16. The normalized spacial score (nSPS) is 10.6. The van der Waals surface area contributed by atoms with Gasteiger partial charge in [-0.1, -0.05) is 11.6 Å². The third-order valence-corrected chi connectivity index (χ3v) is 3.32. The summed E-state index contributed by atoms with van der Waals surface area (Å²) in [6.45, 7) is 0. The summed E-state index contributed by atoms with van der Waals surface area (Å²) in [5.41, 5.74) is 0.834. The maximum Gasteiger partial charge on any atom is 0.255 e. The molecule has 0 atom stereocenters. The Morgan fingerprint density at radius 2 is 2.04 bits per heavy atom. The lowest BCUT2D eigenvalue weighted by molar-refractivity contribution is -0.107. The smallest absolute Gasteiger partial charge is 0.255 e.